The van der Waals surface area contributed by atoms with Crippen molar-refractivity contribution in [2.45, 2.75) is 76.1 Å². The number of carbonyl (C=O) groups excluding carboxylic acids is 2. The van der Waals surface area contributed by atoms with Crippen LogP contribution >= 0.6 is 15.9 Å². The number of hydrogen-bond acceptors (Lipinski definition) is 4. The third-order valence-corrected chi connectivity index (χ3v) is 4.91. The number of alkyl halides is 1. The highest BCUT2D eigenvalue weighted by atomic mass is 79.9. The minimum absolute atomic E-state index is 0.0790. The third kappa shape index (κ3) is 16.5. The third-order valence-electron chi connectivity index (χ3n) is 3.95. The predicted octanol–water partition coefficient (Wildman–Crippen LogP) is 6.22. The number of methoxy groups -OCH3 is 1. The number of hydrogen-bond donors (Lipinski definition) is 0. The molecule has 0 heterocycles. The Hall–Kier alpha value is -1.62. The van der Waals surface area contributed by atoms with Crippen molar-refractivity contribution in [3.8, 4) is 0 Å². The summed E-state index contributed by atoms with van der Waals surface area (Å²) in [6, 6.07) is 0. The van der Waals surface area contributed by atoms with Gasteiger partial charge in [-0.2, -0.15) is 0 Å². The molecule has 0 saturated heterocycles. The van der Waals surface area contributed by atoms with Gasteiger partial charge in [0.15, 0.2) is 0 Å². The van der Waals surface area contributed by atoms with Gasteiger partial charge in [0, 0.05) is 13.3 Å². The van der Waals surface area contributed by atoms with Gasteiger partial charge in [-0.25, -0.2) is 0 Å². The van der Waals surface area contributed by atoms with Crippen molar-refractivity contribution in [2.75, 3.05) is 7.11 Å². The maximum atomic E-state index is 11.1. The van der Waals surface area contributed by atoms with E-state index >= 15 is 0 Å². The van der Waals surface area contributed by atoms with Crippen molar-refractivity contribution in [3.63, 3.8) is 0 Å². The van der Waals surface area contributed by atoms with Crippen molar-refractivity contribution in [3.05, 3.63) is 48.6 Å². The van der Waals surface area contributed by atoms with E-state index in [1.54, 1.807) is 0 Å². The lowest BCUT2D eigenvalue weighted by Crippen LogP contribution is -2.25. The van der Waals surface area contributed by atoms with Gasteiger partial charge in [0.2, 0.25) is 0 Å². The summed E-state index contributed by atoms with van der Waals surface area (Å²) in [6.45, 7) is 3.46. The zero-order valence-corrected chi connectivity index (χ0v) is 19.0. The number of carbonyl (C=O) groups is 2. The number of esters is 2. The van der Waals surface area contributed by atoms with Gasteiger partial charge in [0.05, 0.1) is 11.9 Å². The van der Waals surface area contributed by atoms with Crippen molar-refractivity contribution < 1.29 is 19.1 Å². The summed E-state index contributed by atoms with van der Waals surface area (Å²) in [5, 5.41) is 0. The number of halogens is 1. The van der Waals surface area contributed by atoms with Crippen molar-refractivity contribution in [2.24, 2.45) is 0 Å². The van der Waals surface area contributed by atoms with Crippen LogP contribution in [0.3, 0.4) is 0 Å². The Kier molecular flexibility index (Phi) is 17.6. The molecule has 0 amide bonds. The maximum absolute atomic E-state index is 11.1. The molecule has 2 atom stereocenters. The van der Waals surface area contributed by atoms with E-state index in [1.807, 2.05) is 6.92 Å². The fourth-order valence-corrected chi connectivity index (χ4v) is 3.10. The molecule has 0 aromatic heterocycles. The highest BCUT2D eigenvalue weighted by Gasteiger charge is 2.18. The fourth-order valence-electron chi connectivity index (χ4n) is 2.40. The second kappa shape index (κ2) is 18.7. The van der Waals surface area contributed by atoms with Gasteiger partial charge < -0.3 is 9.47 Å². The molecule has 0 saturated carbocycles. The quantitative estimate of drug-likeness (QED) is 0.127. The summed E-state index contributed by atoms with van der Waals surface area (Å²) in [6.07, 6.45) is 23.6. The van der Waals surface area contributed by atoms with Crippen LogP contribution < -0.4 is 0 Å². The van der Waals surface area contributed by atoms with Crippen molar-refractivity contribution in [1.82, 2.24) is 0 Å². The van der Waals surface area contributed by atoms with Crippen LogP contribution in [0.25, 0.3) is 0 Å². The molecule has 158 valence electrons. The van der Waals surface area contributed by atoms with Gasteiger partial charge in [-0.15, -0.1) is 0 Å². The molecule has 0 aromatic rings. The van der Waals surface area contributed by atoms with Gasteiger partial charge in [0.25, 0.3) is 0 Å². The molecule has 0 aliphatic rings. The monoisotopic (exact) mass is 454 g/mol. The van der Waals surface area contributed by atoms with Crippen LogP contribution in [0.1, 0.15) is 65.2 Å². The number of unbranched alkanes of at least 4 members (excludes halogenated alkanes) is 1. The fraction of sp³-hybridized carbons (Fsp3) is 0.565. The van der Waals surface area contributed by atoms with Gasteiger partial charge in [-0.05, 0) is 44.9 Å². The van der Waals surface area contributed by atoms with Gasteiger partial charge in [-0.1, -0.05) is 71.5 Å². The molecule has 0 aliphatic heterocycles. The van der Waals surface area contributed by atoms with Crippen LogP contribution in [0, 0.1) is 0 Å². The highest BCUT2D eigenvalue weighted by molar-refractivity contribution is 9.09. The Labute approximate surface area is 178 Å². The first-order valence-corrected chi connectivity index (χ1v) is 10.9. The summed E-state index contributed by atoms with van der Waals surface area (Å²) >= 11 is 3.60. The lowest BCUT2D eigenvalue weighted by Gasteiger charge is -2.19. The average molecular weight is 455 g/mol. The predicted molar refractivity (Wildman–Crippen MR) is 119 cm³/mol. The molecule has 4 nitrogen and oxygen atoms in total. The van der Waals surface area contributed by atoms with Crippen LogP contribution in [0.5, 0.6) is 0 Å². The zero-order valence-electron chi connectivity index (χ0n) is 17.4. The second-order valence-corrected chi connectivity index (χ2v) is 7.55. The molecule has 28 heavy (non-hydrogen) atoms. The zero-order chi connectivity index (χ0) is 21.0. The molecule has 0 N–H and O–H groups in total. The van der Waals surface area contributed by atoms with Crippen LogP contribution in [0.15, 0.2) is 48.6 Å². The first-order chi connectivity index (χ1) is 13.5. The maximum Gasteiger partial charge on any atom is 0.305 e. The van der Waals surface area contributed by atoms with Crippen LogP contribution in [0.2, 0.25) is 0 Å². The topological polar surface area (TPSA) is 52.6 Å². The van der Waals surface area contributed by atoms with Gasteiger partial charge in [0.1, 0.15) is 6.10 Å². The van der Waals surface area contributed by atoms with E-state index in [0.717, 1.165) is 44.9 Å². The van der Waals surface area contributed by atoms with E-state index in [1.165, 1.54) is 14.0 Å². The number of allylic oxidation sites excluding steroid dienone is 8. The molecular formula is C23H35BrO4. The molecule has 0 aromatic carbocycles. The molecular weight excluding hydrogens is 420 g/mol. The first kappa shape index (κ1) is 26.4. The van der Waals surface area contributed by atoms with Crippen LogP contribution in [0.4, 0.5) is 0 Å². The van der Waals surface area contributed by atoms with Crippen LogP contribution in [-0.2, 0) is 19.1 Å². The lowest BCUT2D eigenvalue weighted by molar-refractivity contribution is -0.146. The van der Waals surface area contributed by atoms with E-state index in [0.29, 0.717) is 6.42 Å². The largest absolute Gasteiger partial charge is 0.469 e. The van der Waals surface area contributed by atoms with E-state index < -0.39 is 0 Å². The number of rotatable bonds is 15. The van der Waals surface area contributed by atoms with Gasteiger partial charge >= 0.3 is 11.9 Å². The Morgan fingerprint density at radius 2 is 1.46 bits per heavy atom. The smallest absolute Gasteiger partial charge is 0.305 e. The summed E-state index contributed by atoms with van der Waals surface area (Å²) in [5.41, 5.74) is 0. The van der Waals surface area contributed by atoms with E-state index in [9.17, 15) is 9.59 Å². The van der Waals surface area contributed by atoms with E-state index in [4.69, 9.17) is 4.74 Å². The molecule has 0 unspecified atom stereocenters. The molecule has 0 radical (unpaired) electrons. The van der Waals surface area contributed by atoms with Crippen molar-refractivity contribution >= 4 is 27.9 Å². The molecule has 0 rings (SSSR count). The SMILES string of the molecule is CC[C@@H](OC(C)=O)[C@H](Br)C/C=C\C/C=C\C/C=C\C/C=C\CCCC(=O)OC. The van der Waals surface area contributed by atoms with E-state index in [-0.39, 0.29) is 22.9 Å². The molecule has 0 aliphatic carbocycles. The molecule has 0 fully saturated rings. The molecule has 0 spiro atoms. The molecule has 5 heteroatoms. The highest BCUT2D eigenvalue weighted by Crippen LogP contribution is 2.17. The Bertz CT molecular complexity index is 535. The van der Waals surface area contributed by atoms with Gasteiger partial charge in [-0.3, -0.25) is 9.59 Å². The Balaban J connectivity index is 3.75. The lowest BCUT2D eigenvalue weighted by atomic mass is 10.1. The summed E-state index contributed by atoms with van der Waals surface area (Å²) in [4.78, 5) is 22.2. The minimum atomic E-state index is -0.231. The summed E-state index contributed by atoms with van der Waals surface area (Å²) < 4.78 is 9.88. The van der Waals surface area contributed by atoms with Crippen LogP contribution in [-0.4, -0.2) is 30.0 Å². The van der Waals surface area contributed by atoms with E-state index in [2.05, 4.69) is 69.3 Å². The first-order valence-electron chi connectivity index (χ1n) is 9.99. The average Bonchev–Trinajstić information content (AvgIpc) is 2.68. The minimum Gasteiger partial charge on any atom is -0.469 e. The van der Waals surface area contributed by atoms with Crippen molar-refractivity contribution in [1.29, 1.82) is 0 Å². The number of ether oxygens (including phenoxy) is 2. The summed E-state index contributed by atoms with van der Waals surface area (Å²) in [5.74, 6) is -0.376. The Morgan fingerprint density at radius 1 is 0.929 bits per heavy atom. The Morgan fingerprint density at radius 3 is 1.96 bits per heavy atom. The second-order valence-electron chi connectivity index (χ2n) is 6.37. The summed E-state index contributed by atoms with van der Waals surface area (Å²) in [7, 11) is 1.42. The normalized spacial score (nSPS) is 14.3. The standard InChI is InChI=1S/C23H35BrO4/c1-4-22(28-20(2)25)21(24)18-16-14-12-10-8-6-5-7-9-11-13-15-17-19-23(26)27-3/h5,7-8,10-11,13-14,16,21-22H,4,6,9,12,15,17-19H2,1-3H3/b7-5-,10-8-,13-11-,16-14-/t21-,22-/m1/s1. The molecule has 0 bridgehead atoms.